The molecule has 0 unspecified atom stereocenters. The first-order chi connectivity index (χ1) is 16.9. The summed E-state index contributed by atoms with van der Waals surface area (Å²) in [5.74, 6) is -0.165. The second-order valence-electron chi connectivity index (χ2n) is 8.16. The van der Waals surface area contributed by atoms with Crippen LogP contribution in [-0.2, 0) is 11.4 Å². The van der Waals surface area contributed by atoms with E-state index >= 15 is 0 Å². The molecule has 6 heteroatoms. The minimum atomic E-state index is -0.509. The molecule has 4 nitrogen and oxygen atoms in total. The molecule has 0 radical (unpaired) electrons. The zero-order valence-corrected chi connectivity index (χ0v) is 20.7. The smallest absolute Gasteiger partial charge is 0.266 e. The molecule has 4 rings (SSSR count). The molecule has 0 aliphatic rings. The number of nitriles is 1. The predicted molar refractivity (Wildman–Crippen MR) is 143 cm³/mol. The lowest BCUT2D eigenvalue weighted by Crippen LogP contribution is -2.14. The van der Waals surface area contributed by atoms with Crippen molar-refractivity contribution in [1.82, 2.24) is 0 Å². The SMILES string of the molecule is Cc1cccc(NC(=O)/C(C#N)=C/c2cc(Cl)c(OCc3ccc4ccccc4c3)c(Cl)c2)c1C. The molecule has 4 aromatic carbocycles. The van der Waals surface area contributed by atoms with E-state index in [-0.39, 0.29) is 15.6 Å². The summed E-state index contributed by atoms with van der Waals surface area (Å²) in [4.78, 5) is 12.7. The fourth-order valence-corrected chi connectivity index (χ4v) is 4.29. The average Bonchev–Trinajstić information content (AvgIpc) is 2.84. The molecule has 0 saturated heterocycles. The van der Waals surface area contributed by atoms with Gasteiger partial charge in [-0.2, -0.15) is 5.26 Å². The van der Waals surface area contributed by atoms with Crippen molar-refractivity contribution in [3.8, 4) is 11.8 Å². The number of nitrogens with one attached hydrogen (secondary N) is 1. The van der Waals surface area contributed by atoms with Gasteiger partial charge in [-0.25, -0.2) is 0 Å². The number of anilines is 1. The lowest BCUT2D eigenvalue weighted by Gasteiger charge is -2.12. The number of aryl methyl sites for hydroxylation is 1. The summed E-state index contributed by atoms with van der Waals surface area (Å²) >= 11 is 12.9. The van der Waals surface area contributed by atoms with Crippen molar-refractivity contribution in [3.05, 3.63) is 111 Å². The first kappa shape index (κ1) is 24.3. The van der Waals surface area contributed by atoms with E-state index in [9.17, 15) is 10.1 Å². The topological polar surface area (TPSA) is 62.1 Å². The van der Waals surface area contributed by atoms with Crippen LogP contribution < -0.4 is 10.1 Å². The Morgan fingerprint density at radius 3 is 2.40 bits per heavy atom. The van der Waals surface area contributed by atoms with Crippen molar-refractivity contribution in [2.45, 2.75) is 20.5 Å². The third-order valence-electron chi connectivity index (χ3n) is 5.75. The molecule has 0 bridgehead atoms. The Kier molecular flexibility index (Phi) is 7.41. The summed E-state index contributed by atoms with van der Waals surface area (Å²) in [6, 6.07) is 25.0. The minimum absolute atomic E-state index is 0.0668. The van der Waals surface area contributed by atoms with Gasteiger partial charge in [0.1, 0.15) is 18.2 Å². The van der Waals surface area contributed by atoms with E-state index in [2.05, 4.69) is 17.4 Å². The van der Waals surface area contributed by atoms with Gasteiger partial charge in [-0.05, 0) is 77.2 Å². The molecular formula is C29H22Cl2N2O2. The molecule has 0 fully saturated rings. The molecule has 0 spiro atoms. The Labute approximate surface area is 214 Å². The number of ether oxygens (including phenoxy) is 1. The van der Waals surface area contributed by atoms with Crippen LogP contribution in [0.5, 0.6) is 5.75 Å². The van der Waals surface area contributed by atoms with E-state index in [0.29, 0.717) is 23.6 Å². The van der Waals surface area contributed by atoms with Gasteiger partial charge in [0, 0.05) is 5.69 Å². The van der Waals surface area contributed by atoms with Crippen molar-refractivity contribution in [2.75, 3.05) is 5.32 Å². The van der Waals surface area contributed by atoms with Crippen LogP contribution in [0.1, 0.15) is 22.3 Å². The molecule has 1 N–H and O–H groups in total. The van der Waals surface area contributed by atoms with Crippen LogP contribution in [0, 0.1) is 25.2 Å². The fraction of sp³-hybridized carbons (Fsp3) is 0.103. The quantitative estimate of drug-likeness (QED) is 0.216. The summed E-state index contributed by atoms with van der Waals surface area (Å²) in [7, 11) is 0. The van der Waals surface area contributed by atoms with E-state index in [0.717, 1.165) is 27.5 Å². The number of nitrogens with zero attached hydrogens (tertiary/aromatic N) is 1. The number of amides is 1. The molecule has 174 valence electrons. The number of carbonyl (C=O) groups excluding carboxylic acids is 1. The lowest BCUT2D eigenvalue weighted by molar-refractivity contribution is -0.112. The van der Waals surface area contributed by atoms with Crippen molar-refractivity contribution < 1.29 is 9.53 Å². The van der Waals surface area contributed by atoms with E-state index in [1.54, 1.807) is 18.2 Å². The third kappa shape index (κ3) is 5.66. The monoisotopic (exact) mass is 500 g/mol. The Balaban J connectivity index is 1.51. The highest BCUT2D eigenvalue weighted by atomic mass is 35.5. The fourth-order valence-electron chi connectivity index (χ4n) is 3.68. The van der Waals surface area contributed by atoms with Crippen LogP contribution in [0.25, 0.3) is 16.8 Å². The zero-order chi connectivity index (χ0) is 24.9. The molecule has 4 aromatic rings. The Morgan fingerprint density at radius 1 is 0.971 bits per heavy atom. The van der Waals surface area contributed by atoms with Crippen molar-refractivity contribution in [2.24, 2.45) is 0 Å². The van der Waals surface area contributed by atoms with Gasteiger partial charge in [-0.1, -0.05) is 71.7 Å². The molecular weight excluding hydrogens is 479 g/mol. The number of hydrogen-bond acceptors (Lipinski definition) is 3. The standard InChI is InChI=1S/C29H22Cl2N2O2/c1-18-6-5-9-27(19(18)2)33-29(34)24(16-32)13-21-14-25(30)28(26(31)15-21)35-17-20-10-11-22-7-3-4-8-23(22)12-20/h3-15H,17H2,1-2H3,(H,33,34)/b24-13+. The number of benzene rings is 4. The maximum Gasteiger partial charge on any atom is 0.266 e. The second-order valence-corrected chi connectivity index (χ2v) is 8.97. The van der Waals surface area contributed by atoms with Gasteiger partial charge in [0.25, 0.3) is 5.91 Å². The van der Waals surface area contributed by atoms with Crippen LogP contribution in [0.2, 0.25) is 10.0 Å². The Hall–Kier alpha value is -3.78. The molecule has 0 heterocycles. The maximum absolute atomic E-state index is 12.7. The van der Waals surface area contributed by atoms with Gasteiger partial charge in [0.15, 0.2) is 5.75 Å². The number of fused-ring (bicyclic) bond motifs is 1. The Bertz CT molecular complexity index is 1480. The van der Waals surface area contributed by atoms with Crippen LogP contribution in [0.4, 0.5) is 5.69 Å². The first-order valence-electron chi connectivity index (χ1n) is 10.9. The third-order valence-corrected chi connectivity index (χ3v) is 6.31. The molecule has 0 aliphatic carbocycles. The minimum Gasteiger partial charge on any atom is -0.486 e. The highest BCUT2D eigenvalue weighted by Crippen LogP contribution is 2.35. The maximum atomic E-state index is 12.7. The van der Waals surface area contributed by atoms with E-state index in [1.807, 2.05) is 62.4 Å². The Morgan fingerprint density at radius 2 is 1.69 bits per heavy atom. The van der Waals surface area contributed by atoms with Gasteiger partial charge in [0.05, 0.1) is 10.0 Å². The molecule has 0 saturated carbocycles. The highest BCUT2D eigenvalue weighted by molar-refractivity contribution is 6.37. The number of rotatable bonds is 6. The molecule has 0 aliphatic heterocycles. The summed E-state index contributed by atoms with van der Waals surface area (Å²) < 4.78 is 5.91. The van der Waals surface area contributed by atoms with Crippen LogP contribution in [-0.4, -0.2) is 5.91 Å². The predicted octanol–water partition coefficient (Wildman–Crippen LogP) is 7.89. The van der Waals surface area contributed by atoms with Crippen molar-refractivity contribution >= 4 is 51.6 Å². The first-order valence-corrected chi connectivity index (χ1v) is 11.7. The van der Waals surface area contributed by atoms with Crippen LogP contribution in [0.15, 0.2) is 78.4 Å². The summed E-state index contributed by atoms with van der Waals surface area (Å²) in [6.45, 7) is 4.16. The van der Waals surface area contributed by atoms with Crippen LogP contribution >= 0.6 is 23.2 Å². The van der Waals surface area contributed by atoms with Gasteiger partial charge >= 0.3 is 0 Å². The lowest BCUT2D eigenvalue weighted by atomic mass is 10.1. The molecule has 35 heavy (non-hydrogen) atoms. The highest BCUT2D eigenvalue weighted by Gasteiger charge is 2.14. The summed E-state index contributed by atoms with van der Waals surface area (Å²) in [6.07, 6.45) is 1.45. The van der Waals surface area contributed by atoms with E-state index in [1.165, 1.54) is 6.08 Å². The summed E-state index contributed by atoms with van der Waals surface area (Å²) in [5, 5.41) is 15.2. The largest absolute Gasteiger partial charge is 0.486 e. The van der Waals surface area contributed by atoms with E-state index < -0.39 is 5.91 Å². The van der Waals surface area contributed by atoms with Gasteiger partial charge in [0.2, 0.25) is 0 Å². The normalized spacial score (nSPS) is 11.2. The van der Waals surface area contributed by atoms with Gasteiger partial charge < -0.3 is 10.1 Å². The molecule has 0 atom stereocenters. The number of carbonyl (C=O) groups is 1. The average molecular weight is 501 g/mol. The van der Waals surface area contributed by atoms with E-state index in [4.69, 9.17) is 27.9 Å². The number of hydrogen-bond donors (Lipinski definition) is 1. The van der Waals surface area contributed by atoms with Crippen molar-refractivity contribution in [3.63, 3.8) is 0 Å². The second kappa shape index (κ2) is 10.7. The molecule has 0 aromatic heterocycles. The number of halogens is 2. The summed E-state index contributed by atoms with van der Waals surface area (Å²) in [5.41, 5.74) is 4.08. The zero-order valence-electron chi connectivity index (χ0n) is 19.2. The van der Waals surface area contributed by atoms with Crippen molar-refractivity contribution in [1.29, 1.82) is 5.26 Å². The van der Waals surface area contributed by atoms with Gasteiger partial charge in [-0.15, -0.1) is 0 Å². The molecule has 1 amide bonds. The van der Waals surface area contributed by atoms with Crippen LogP contribution in [0.3, 0.4) is 0 Å². The van der Waals surface area contributed by atoms with Gasteiger partial charge in [-0.3, -0.25) is 4.79 Å².